The normalized spacial score (nSPS) is 26.4. The molecule has 0 bridgehead atoms. The number of hydrogen-bond acceptors (Lipinski definition) is 9. The lowest BCUT2D eigenvalue weighted by Gasteiger charge is -2.49. The molecule has 3 fully saturated rings. The fourth-order valence-corrected chi connectivity index (χ4v) is 9.75. The lowest BCUT2D eigenvalue weighted by atomic mass is 9.51. The van der Waals surface area contributed by atoms with Crippen molar-refractivity contribution in [3.63, 3.8) is 0 Å². The highest BCUT2D eigenvalue weighted by Gasteiger charge is 2.68. The van der Waals surface area contributed by atoms with Gasteiger partial charge in [-0.2, -0.15) is 10.2 Å². The van der Waals surface area contributed by atoms with Gasteiger partial charge in [0.1, 0.15) is 17.3 Å². The van der Waals surface area contributed by atoms with Crippen molar-refractivity contribution >= 4 is 63.7 Å². The van der Waals surface area contributed by atoms with Crippen molar-refractivity contribution in [2.24, 2.45) is 45.2 Å². The second-order valence-electron chi connectivity index (χ2n) is 15.7. The summed E-state index contributed by atoms with van der Waals surface area (Å²) in [4.78, 5) is 62.3. The summed E-state index contributed by atoms with van der Waals surface area (Å²) in [6.45, 7) is 1.77. The number of amides is 4. The summed E-state index contributed by atoms with van der Waals surface area (Å²) in [5, 5.41) is 18.8. The minimum Gasteiger partial charge on any atom is -0.508 e. The Morgan fingerprint density at radius 1 is 0.842 bits per heavy atom. The molecule has 57 heavy (non-hydrogen) atoms. The molecule has 4 aromatic carbocycles. The minimum absolute atomic E-state index is 0.0524. The van der Waals surface area contributed by atoms with E-state index in [0.717, 1.165) is 22.2 Å². The van der Waals surface area contributed by atoms with Crippen LogP contribution in [-0.2, 0) is 25.6 Å². The predicted molar refractivity (Wildman–Crippen MR) is 211 cm³/mol. The number of allylic oxidation sites excluding steroid dienone is 3. The molecule has 5 aliphatic rings. The summed E-state index contributed by atoms with van der Waals surface area (Å²) >= 11 is 6.14. The highest BCUT2D eigenvalue weighted by molar-refractivity contribution is 6.32. The molecule has 0 radical (unpaired) electrons. The molecule has 0 unspecified atom stereocenters. The van der Waals surface area contributed by atoms with Crippen molar-refractivity contribution in [3.05, 3.63) is 125 Å². The van der Waals surface area contributed by atoms with Crippen molar-refractivity contribution < 1.29 is 33.4 Å². The third-order valence-electron chi connectivity index (χ3n) is 12.3. The molecule has 2 saturated heterocycles. The van der Waals surface area contributed by atoms with E-state index in [1.807, 2.05) is 49.3 Å². The van der Waals surface area contributed by atoms with Crippen LogP contribution in [-0.4, -0.2) is 42.8 Å². The van der Waals surface area contributed by atoms with Crippen LogP contribution >= 0.6 is 11.6 Å². The van der Waals surface area contributed by atoms with Crippen LogP contribution in [0.1, 0.15) is 25.3 Å². The highest BCUT2D eigenvalue weighted by atomic mass is 35.5. The molecule has 6 atom stereocenters. The molecule has 0 aromatic heterocycles. The fraction of sp³-hybridized carbons (Fsp3) is 0.273. The smallest absolute Gasteiger partial charge is 0.241 e. The molecule has 9 rings (SSSR count). The van der Waals surface area contributed by atoms with Gasteiger partial charge in [0.05, 0.1) is 57.2 Å². The van der Waals surface area contributed by atoms with E-state index >= 15 is 0 Å². The van der Waals surface area contributed by atoms with Crippen molar-refractivity contribution in [3.8, 4) is 11.5 Å². The van der Waals surface area contributed by atoms with E-state index < -0.39 is 52.6 Å². The fourth-order valence-electron chi connectivity index (χ4n) is 9.57. The molecule has 3 heterocycles. The maximum Gasteiger partial charge on any atom is 0.241 e. The molecule has 2 aliphatic carbocycles. The topological polar surface area (TPSA) is 132 Å². The van der Waals surface area contributed by atoms with Crippen LogP contribution in [0.25, 0.3) is 0 Å². The number of phenols is 1. The van der Waals surface area contributed by atoms with Crippen molar-refractivity contribution in [1.29, 1.82) is 0 Å². The summed E-state index contributed by atoms with van der Waals surface area (Å²) in [5.41, 5.74) is 3.66. The predicted octanol–water partition coefficient (Wildman–Crippen LogP) is 8.45. The van der Waals surface area contributed by atoms with Gasteiger partial charge in [-0.05, 0) is 116 Å². The van der Waals surface area contributed by atoms with Gasteiger partial charge in [0, 0.05) is 37.7 Å². The Bertz CT molecular complexity index is 2480. The Morgan fingerprint density at radius 3 is 2.21 bits per heavy atom. The lowest BCUT2D eigenvalue weighted by Crippen LogP contribution is -2.51. The first-order chi connectivity index (χ1) is 27.3. The van der Waals surface area contributed by atoms with E-state index in [4.69, 9.17) is 16.3 Å². The summed E-state index contributed by atoms with van der Waals surface area (Å²) in [6, 6.07) is 22.9. The van der Waals surface area contributed by atoms with E-state index in [-0.39, 0.29) is 41.1 Å². The molecule has 4 amide bonds. The van der Waals surface area contributed by atoms with Crippen LogP contribution in [0, 0.1) is 40.8 Å². The zero-order valence-electron chi connectivity index (χ0n) is 31.2. The zero-order chi connectivity index (χ0) is 39.9. The van der Waals surface area contributed by atoms with Crippen molar-refractivity contribution in [1.82, 2.24) is 0 Å². The molecular weight excluding hydrogens is 749 g/mol. The lowest BCUT2D eigenvalue weighted by molar-refractivity contribution is -0.132. The van der Waals surface area contributed by atoms with Gasteiger partial charge in [0.2, 0.25) is 23.6 Å². The number of benzene rings is 4. The molecule has 0 spiro atoms. The molecule has 1 N–H and O–H groups in total. The van der Waals surface area contributed by atoms with Gasteiger partial charge in [0.25, 0.3) is 0 Å². The second-order valence-corrected chi connectivity index (χ2v) is 16.1. The monoisotopic (exact) mass is 785 g/mol. The Labute approximate surface area is 332 Å². The number of aromatic hydroxyl groups is 1. The number of fused-ring (bicyclic) bond motifs is 5. The number of carbonyl (C=O) groups is 4. The van der Waals surface area contributed by atoms with Gasteiger partial charge in [0.15, 0.2) is 0 Å². The Balaban J connectivity index is 1.05. The number of nitrogens with zero attached hydrogens (tertiary/aromatic N) is 5. The van der Waals surface area contributed by atoms with E-state index in [1.54, 1.807) is 49.6 Å². The first-order valence-corrected chi connectivity index (χ1v) is 19.1. The number of rotatable bonds is 6. The molecule has 4 aromatic rings. The SMILES string of the molecule is CN(C)c1ccc(N=Nc2ccc(N3C(=O)[C@H]4[C@H](CC=C5[C@H](C6=COc7ccc(O)cc7C6)[C@]6(C)C(=O)N(c7ccc(F)c(Cl)c7)C(=O)[C@@H]6C[C@H]54)C3=O)cc2)cc1. The number of anilines is 3. The number of imide groups is 2. The number of carbonyl (C=O) groups excluding carboxylic acids is 4. The Kier molecular flexibility index (Phi) is 8.65. The first kappa shape index (κ1) is 36.5. The van der Waals surface area contributed by atoms with Gasteiger partial charge in [-0.1, -0.05) is 23.3 Å². The standard InChI is InChI=1S/C44H37ClFN5O6/c1-44-34(41(54)51(43(44)56)29-12-16-36(46)35(45)20-29)21-33-31(39(44)24-18-23-19-30(52)13-17-37(23)57-22-24)14-15-32-38(33)42(55)50(40(32)53)28-10-6-26(7-11-28)48-47-25-4-8-27(9-5-25)49(2)3/h4-14,16-17,19-20,22,32-34,38-39,52H,15,18,21H2,1-3H3/t32-,33+,34-,38-,39-,44+/m0/s1. The van der Waals surface area contributed by atoms with Gasteiger partial charge in [-0.25, -0.2) is 9.29 Å². The summed E-state index contributed by atoms with van der Waals surface area (Å²) in [7, 11) is 3.91. The molecule has 1 saturated carbocycles. The quantitative estimate of drug-likeness (QED) is 0.118. The van der Waals surface area contributed by atoms with Gasteiger partial charge in [-0.3, -0.25) is 24.1 Å². The molecule has 11 nitrogen and oxygen atoms in total. The van der Waals surface area contributed by atoms with Crippen LogP contribution in [0.5, 0.6) is 11.5 Å². The summed E-state index contributed by atoms with van der Waals surface area (Å²) < 4.78 is 20.3. The van der Waals surface area contributed by atoms with E-state index in [0.29, 0.717) is 40.4 Å². The minimum atomic E-state index is -1.33. The van der Waals surface area contributed by atoms with Crippen LogP contribution in [0.4, 0.5) is 32.8 Å². The summed E-state index contributed by atoms with van der Waals surface area (Å²) in [6.07, 6.45) is 4.28. The zero-order valence-corrected chi connectivity index (χ0v) is 32.0. The number of azo groups is 1. The molecular formula is C44H37ClFN5O6. The van der Waals surface area contributed by atoms with Crippen LogP contribution < -0.4 is 19.4 Å². The van der Waals surface area contributed by atoms with Crippen LogP contribution in [0.2, 0.25) is 5.02 Å². The van der Waals surface area contributed by atoms with Gasteiger partial charge >= 0.3 is 0 Å². The van der Waals surface area contributed by atoms with Crippen molar-refractivity contribution in [2.75, 3.05) is 28.8 Å². The number of phenolic OH excluding ortho intramolecular Hbond substituents is 1. The van der Waals surface area contributed by atoms with Crippen LogP contribution in [0.3, 0.4) is 0 Å². The van der Waals surface area contributed by atoms with E-state index in [2.05, 4.69) is 10.2 Å². The van der Waals surface area contributed by atoms with E-state index in [1.165, 1.54) is 23.1 Å². The Hall–Kier alpha value is -6.14. The molecule has 288 valence electrons. The summed E-state index contributed by atoms with van der Waals surface area (Å²) in [5.74, 6) is -5.36. The third kappa shape index (κ3) is 5.76. The number of halogens is 2. The van der Waals surface area contributed by atoms with Gasteiger partial charge in [-0.15, -0.1) is 0 Å². The van der Waals surface area contributed by atoms with Crippen LogP contribution in [0.15, 0.2) is 119 Å². The largest absolute Gasteiger partial charge is 0.508 e. The Morgan fingerprint density at radius 2 is 1.53 bits per heavy atom. The average molecular weight is 786 g/mol. The first-order valence-electron chi connectivity index (χ1n) is 18.7. The number of ether oxygens (including phenoxy) is 1. The maximum absolute atomic E-state index is 14.8. The molecule has 3 aliphatic heterocycles. The average Bonchev–Trinajstić information content (AvgIpc) is 3.57. The highest BCUT2D eigenvalue weighted by Crippen LogP contribution is 2.63. The van der Waals surface area contributed by atoms with E-state index in [9.17, 15) is 28.7 Å². The number of hydrogen-bond donors (Lipinski definition) is 1. The van der Waals surface area contributed by atoms with Crippen molar-refractivity contribution in [2.45, 2.75) is 26.2 Å². The molecule has 13 heteroatoms. The second kappa shape index (κ2) is 13.5. The third-order valence-corrected chi connectivity index (χ3v) is 12.6. The van der Waals surface area contributed by atoms with Gasteiger partial charge < -0.3 is 14.7 Å². The maximum atomic E-state index is 14.8.